The molecule has 1 aromatic carbocycles. The van der Waals surface area contributed by atoms with Crippen LogP contribution in [0.2, 0.25) is 0 Å². The van der Waals surface area contributed by atoms with Crippen LogP contribution in [0.1, 0.15) is 20.8 Å². The minimum atomic E-state index is -0.513. The van der Waals surface area contributed by atoms with Gasteiger partial charge in [0.2, 0.25) is 0 Å². The van der Waals surface area contributed by atoms with Gasteiger partial charge in [0.05, 0.1) is 5.69 Å². The van der Waals surface area contributed by atoms with Crippen molar-refractivity contribution < 1.29 is 9.53 Å². The summed E-state index contributed by atoms with van der Waals surface area (Å²) in [4.78, 5) is 14.0. The van der Waals surface area contributed by atoms with E-state index in [0.717, 1.165) is 10.7 Å². The van der Waals surface area contributed by atoms with E-state index in [-0.39, 0.29) is 6.09 Å². The van der Waals surface area contributed by atoms with Crippen molar-refractivity contribution in [3.8, 4) is 0 Å². The molecule has 0 aliphatic heterocycles. The molecule has 1 aromatic heterocycles. The zero-order valence-electron chi connectivity index (χ0n) is 11.3. The zero-order valence-corrected chi connectivity index (χ0v) is 12.1. The molecule has 1 amide bonds. The van der Waals surface area contributed by atoms with Gasteiger partial charge in [-0.1, -0.05) is 18.2 Å². The highest BCUT2D eigenvalue weighted by Crippen LogP contribution is 2.31. The summed E-state index contributed by atoms with van der Waals surface area (Å²) in [6.45, 7) is 5.59. The molecule has 0 aliphatic carbocycles. The number of para-hydroxylation sites is 1. The molecule has 19 heavy (non-hydrogen) atoms. The fourth-order valence-electron chi connectivity index (χ4n) is 1.60. The predicted octanol–water partition coefficient (Wildman–Crippen LogP) is 4.82. The zero-order chi connectivity index (χ0) is 13.9. The molecule has 0 aliphatic rings. The van der Waals surface area contributed by atoms with Crippen molar-refractivity contribution in [2.45, 2.75) is 26.4 Å². The fraction of sp³-hybridized carbons (Fsp3) is 0.267. The average Bonchev–Trinajstić information content (AvgIpc) is 2.82. The van der Waals surface area contributed by atoms with Crippen LogP contribution < -0.4 is 4.90 Å². The van der Waals surface area contributed by atoms with E-state index in [1.807, 2.05) is 68.6 Å². The smallest absolute Gasteiger partial charge is 0.420 e. The number of ether oxygens (including phenoxy) is 1. The monoisotopic (exact) mass is 275 g/mol. The van der Waals surface area contributed by atoms with E-state index >= 15 is 0 Å². The molecule has 0 unspecified atom stereocenters. The molecule has 2 aromatic rings. The number of thiophene rings is 1. The maximum Gasteiger partial charge on any atom is 0.420 e. The first-order chi connectivity index (χ1) is 8.97. The Labute approximate surface area is 117 Å². The molecule has 3 nitrogen and oxygen atoms in total. The summed E-state index contributed by atoms with van der Waals surface area (Å²) in [6.07, 6.45) is -0.360. The topological polar surface area (TPSA) is 29.5 Å². The number of amides is 1. The van der Waals surface area contributed by atoms with Gasteiger partial charge in [-0.05, 0) is 50.4 Å². The molecule has 0 radical (unpaired) electrons. The first kappa shape index (κ1) is 13.6. The Morgan fingerprint density at radius 1 is 1.11 bits per heavy atom. The predicted molar refractivity (Wildman–Crippen MR) is 79.1 cm³/mol. The molecular formula is C15H17NO2S. The average molecular weight is 275 g/mol. The standard InChI is InChI=1S/C15H17NO2S/c1-15(2,3)18-14(17)16(13-10-7-11-19-13)12-8-5-4-6-9-12/h4-11H,1-3H3. The second-order valence-electron chi connectivity index (χ2n) is 5.10. The summed E-state index contributed by atoms with van der Waals surface area (Å²) in [5, 5.41) is 2.79. The Hall–Kier alpha value is -1.81. The van der Waals surface area contributed by atoms with E-state index in [1.54, 1.807) is 4.90 Å². The van der Waals surface area contributed by atoms with Crippen molar-refractivity contribution in [3.63, 3.8) is 0 Å². The number of carbonyl (C=O) groups is 1. The van der Waals surface area contributed by atoms with E-state index in [9.17, 15) is 4.79 Å². The first-order valence-electron chi connectivity index (χ1n) is 6.09. The summed E-state index contributed by atoms with van der Waals surface area (Å²) in [5.74, 6) is 0. The normalized spacial score (nSPS) is 11.1. The third-order valence-corrected chi connectivity index (χ3v) is 3.17. The largest absolute Gasteiger partial charge is 0.443 e. The second kappa shape index (κ2) is 5.45. The lowest BCUT2D eigenvalue weighted by Crippen LogP contribution is -2.33. The van der Waals surface area contributed by atoms with Crippen molar-refractivity contribution in [1.82, 2.24) is 0 Å². The third kappa shape index (κ3) is 3.58. The van der Waals surface area contributed by atoms with Gasteiger partial charge in [-0.2, -0.15) is 0 Å². The van der Waals surface area contributed by atoms with Gasteiger partial charge >= 0.3 is 6.09 Å². The van der Waals surface area contributed by atoms with Gasteiger partial charge in [0, 0.05) is 0 Å². The maximum atomic E-state index is 12.4. The van der Waals surface area contributed by atoms with Gasteiger partial charge < -0.3 is 4.74 Å². The van der Waals surface area contributed by atoms with Crippen LogP contribution in [0.3, 0.4) is 0 Å². The number of benzene rings is 1. The molecule has 0 fully saturated rings. The Kier molecular flexibility index (Phi) is 3.90. The lowest BCUT2D eigenvalue weighted by Gasteiger charge is -2.26. The molecule has 0 spiro atoms. The van der Waals surface area contributed by atoms with Crippen LogP contribution in [0, 0.1) is 0 Å². The number of nitrogens with zero attached hydrogens (tertiary/aromatic N) is 1. The quantitative estimate of drug-likeness (QED) is 0.786. The number of hydrogen-bond donors (Lipinski definition) is 0. The van der Waals surface area contributed by atoms with E-state index in [2.05, 4.69) is 0 Å². The molecule has 0 bridgehead atoms. The van der Waals surface area contributed by atoms with Crippen LogP contribution in [-0.4, -0.2) is 11.7 Å². The highest BCUT2D eigenvalue weighted by Gasteiger charge is 2.25. The van der Waals surface area contributed by atoms with Gasteiger partial charge in [0.25, 0.3) is 0 Å². The molecule has 0 atom stereocenters. The van der Waals surface area contributed by atoms with Gasteiger partial charge in [0.15, 0.2) is 0 Å². The van der Waals surface area contributed by atoms with Crippen LogP contribution >= 0.6 is 11.3 Å². The van der Waals surface area contributed by atoms with Crippen molar-refractivity contribution in [3.05, 3.63) is 47.8 Å². The van der Waals surface area contributed by atoms with Crippen LogP contribution in [0.5, 0.6) is 0 Å². The SMILES string of the molecule is CC(C)(C)OC(=O)N(c1ccccc1)c1cccs1. The van der Waals surface area contributed by atoms with E-state index in [4.69, 9.17) is 4.74 Å². The molecule has 0 saturated heterocycles. The van der Waals surface area contributed by atoms with Crippen molar-refractivity contribution in [1.29, 1.82) is 0 Å². The Morgan fingerprint density at radius 2 is 1.79 bits per heavy atom. The Balaban J connectivity index is 2.34. The summed E-state index contributed by atoms with van der Waals surface area (Å²) < 4.78 is 5.47. The molecule has 100 valence electrons. The minimum Gasteiger partial charge on any atom is -0.443 e. The fourth-order valence-corrected chi connectivity index (χ4v) is 2.34. The summed E-state index contributed by atoms with van der Waals surface area (Å²) in [7, 11) is 0. The Morgan fingerprint density at radius 3 is 2.32 bits per heavy atom. The summed E-state index contributed by atoms with van der Waals surface area (Å²) in [6, 6.07) is 13.3. The third-order valence-electron chi connectivity index (χ3n) is 2.32. The van der Waals surface area contributed by atoms with Crippen LogP contribution in [0.15, 0.2) is 47.8 Å². The van der Waals surface area contributed by atoms with Crippen LogP contribution in [0.25, 0.3) is 0 Å². The van der Waals surface area contributed by atoms with E-state index in [0.29, 0.717) is 0 Å². The molecule has 4 heteroatoms. The van der Waals surface area contributed by atoms with Crippen molar-refractivity contribution in [2.75, 3.05) is 4.90 Å². The maximum absolute atomic E-state index is 12.4. The highest BCUT2D eigenvalue weighted by atomic mass is 32.1. The summed E-state index contributed by atoms with van der Waals surface area (Å²) >= 11 is 1.51. The van der Waals surface area contributed by atoms with Gasteiger partial charge in [0.1, 0.15) is 10.6 Å². The Bertz CT molecular complexity index is 529. The van der Waals surface area contributed by atoms with E-state index in [1.165, 1.54) is 11.3 Å². The minimum absolute atomic E-state index is 0.360. The number of hydrogen-bond acceptors (Lipinski definition) is 3. The van der Waals surface area contributed by atoms with Gasteiger partial charge in [-0.25, -0.2) is 9.69 Å². The lowest BCUT2D eigenvalue weighted by molar-refractivity contribution is 0.0600. The summed E-state index contributed by atoms with van der Waals surface area (Å²) in [5.41, 5.74) is 0.292. The molecule has 2 rings (SSSR count). The van der Waals surface area contributed by atoms with Crippen molar-refractivity contribution >= 4 is 28.1 Å². The highest BCUT2D eigenvalue weighted by molar-refractivity contribution is 7.14. The van der Waals surface area contributed by atoms with Crippen LogP contribution in [0.4, 0.5) is 15.5 Å². The number of anilines is 2. The lowest BCUT2D eigenvalue weighted by atomic mass is 10.2. The van der Waals surface area contributed by atoms with Gasteiger partial charge in [-0.15, -0.1) is 11.3 Å². The van der Waals surface area contributed by atoms with Crippen molar-refractivity contribution in [2.24, 2.45) is 0 Å². The number of carbonyl (C=O) groups excluding carboxylic acids is 1. The molecule has 1 heterocycles. The van der Waals surface area contributed by atoms with Gasteiger partial charge in [-0.3, -0.25) is 0 Å². The molecular weight excluding hydrogens is 258 g/mol. The molecule has 0 N–H and O–H groups in total. The molecule has 0 saturated carbocycles. The number of rotatable bonds is 2. The van der Waals surface area contributed by atoms with Crippen LogP contribution in [-0.2, 0) is 4.74 Å². The first-order valence-corrected chi connectivity index (χ1v) is 6.97. The van der Waals surface area contributed by atoms with E-state index < -0.39 is 5.60 Å². The second-order valence-corrected chi connectivity index (χ2v) is 6.03.